The second kappa shape index (κ2) is 8.57. The molecule has 0 spiro atoms. The number of benzene rings is 2. The van der Waals surface area contributed by atoms with Gasteiger partial charge in [-0.15, -0.1) is 0 Å². The second-order valence-corrected chi connectivity index (χ2v) is 7.59. The minimum atomic E-state index is -4.75. The summed E-state index contributed by atoms with van der Waals surface area (Å²) in [6.45, 7) is 3.22. The Bertz CT molecular complexity index is 1110. The fourth-order valence-electron chi connectivity index (χ4n) is 3.65. The number of carbonyl (C=O) groups excluding carboxylic acids is 1. The van der Waals surface area contributed by atoms with Gasteiger partial charge in [-0.25, -0.2) is 14.4 Å². The van der Waals surface area contributed by atoms with Crippen molar-refractivity contribution in [3.8, 4) is 22.4 Å². The molecular weight excluding hydrogens is 424 g/mol. The molecule has 32 heavy (non-hydrogen) atoms. The Labute approximate surface area is 182 Å². The van der Waals surface area contributed by atoms with Crippen molar-refractivity contribution in [1.82, 2.24) is 14.9 Å². The average Bonchev–Trinajstić information content (AvgIpc) is 2.79. The summed E-state index contributed by atoms with van der Waals surface area (Å²) in [6, 6.07) is 12.5. The Hall–Kier alpha value is -3.49. The third-order valence-corrected chi connectivity index (χ3v) is 5.36. The van der Waals surface area contributed by atoms with Gasteiger partial charge in [-0.2, -0.15) is 13.2 Å². The number of halogens is 4. The van der Waals surface area contributed by atoms with E-state index in [9.17, 15) is 22.4 Å². The van der Waals surface area contributed by atoms with Gasteiger partial charge in [0.15, 0.2) is 0 Å². The number of anilines is 1. The third kappa shape index (κ3) is 4.42. The van der Waals surface area contributed by atoms with E-state index in [1.807, 2.05) is 6.92 Å². The van der Waals surface area contributed by atoms with Crippen LogP contribution in [0, 0.1) is 12.7 Å². The van der Waals surface area contributed by atoms with Gasteiger partial charge >= 0.3 is 6.18 Å². The van der Waals surface area contributed by atoms with Crippen LogP contribution in [-0.2, 0) is 11.0 Å². The van der Waals surface area contributed by atoms with Crippen molar-refractivity contribution in [2.45, 2.75) is 13.1 Å². The summed E-state index contributed by atoms with van der Waals surface area (Å²) in [6.07, 6.45) is -4.03. The number of piperazine rings is 1. The van der Waals surface area contributed by atoms with Crippen LogP contribution in [0.3, 0.4) is 0 Å². The molecule has 3 aromatic rings. The Morgan fingerprint density at radius 2 is 1.47 bits per heavy atom. The van der Waals surface area contributed by atoms with Crippen LogP contribution in [0.25, 0.3) is 22.4 Å². The first-order valence-electron chi connectivity index (χ1n) is 10.0. The summed E-state index contributed by atoms with van der Waals surface area (Å²) in [4.78, 5) is 22.2. The van der Waals surface area contributed by atoms with E-state index in [0.29, 0.717) is 42.9 Å². The number of aryl methyl sites for hydroxylation is 1. The first kappa shape index (κ1) is 21.7. The summed E-state index contributed by atoms with van der Waals surface area (Å²) in [5.41, 5.74) is 2.46. The van der Waals surface area contributed by atoms with Crippen molar-refractivity contribution >= 4 is 12.2 Å². The maximum atomic E-state index is 13.8. The molecule has 166 valence electrons. The lowest BCUT2D eigenvalue weighted by Gasteiger charge is -2.35. The van der Waals surface area contributed by atoms with Gasteiger partial charge in [0.2, 0.25) is 12.2 Å². The van der Waals surface area contributed by atoms with Gasteiger partial charge in [0, 0.05) is 31.7 Å². The molecule has 1 fully saturated rings. The molecule has 2 heterocycles. The van der Waals surface area contributed by atoms with E-state index >= 15 is 0 Å². The molecule has 0 N–H and O–H groups in total. The van der Waals surface area contributed by atoms with Crippen molar-refractivity contribution in [3.63, 3.8) is 0 Å². The van der Waals surface area contributed by atoms with E-state index in [2.05, 4.69) is 9.97 Å². The van der Waals surface area contributed by atoms with E-state index in [0.717, 1.165) is 12.0 Å². The number of alkyl halides is 3. The standard InChI is InChI=1S/C23H20F4N4O/c1-15-2-4-17(5-3-15)20-19(16-6-8-18(24)9-7-16)21(29-22(28-20)23(25,26)27)31-12-10-30(14-32)11-13-31/h2-9,14H,10-13H2,1H3. The van der Waals surface area contributed by atoms with Gasteiger partial charge in [0.05, 0.1) is 11.3 Å². The van der Waals surface area contributed by atoms with Crippen LogP contribution in [0.4, 0.5) is 23.4 Å². The molecule has 2 aromatic carbocycles. The fraction of sp³-hybridized carbons (Fsp3) is 0.261. The molecule has 9 heteroatoms. The Morgan fingerprint density at radius 3 is 2.03 bits per heavy atom. The van der Waals surface area contributed by atoms with Crippen molar-refractivity contribution < 1.29 is 22.4 Å². The van der Waals surface area contributed by atoms with E-state index in [1.165, 1.54) is 24.3 Å². The molecule has 0 saturated carbocycles. The van der Waals surface area contributed by atoms with Gasteiger partial charge < -0.3 is 9.80 Å². The van der Waals surface area contributed by atoms with E-state index < -0.39 is 17.8 Å². The van der Waals surface area contributed by atoms with Crippen molar-refractivity contribution in [1.29, 1.82) is 0 Å². The molecule has 1 aliphatic heterocycles. The summed E-state index contributed by atoms with van der Waals surface area (Å²) in [7, 11) is 0. The zero-order valence-electron chi connectivity index (χ0n) is 17.2. The van der Waals surface area contributed by atoms with Crippen LogP contribution in [0.2, 0.25) is 0 Å². The molecule has 0 bridgehead atoms. The minimum absolute atomic E-state index is 0.111. The van der Waals surface area contributed by atoms with Crippen LogP contribution in [-0.4, -0.2) is 47.5 Å². The molecular formula is C23H20F4N4O. The van der Waals surface area contributed by atoms with Crippen LogP contribution in [0.1, 0.15) is 11.4 Å². The normalized spacial score (nSPS) is 14.5. The zero-order chi connectivity index (χ0) is 22.9. The monoisotopic (exact) mass is 444 g/mol. The summed E-state index contributed by atoms with van der Waals surface area (Å²) in [5.74, 6) is -1.59. The van der Waals surface area contributed by atoms with Crippen molar-refractivity contribution in [2.24, 2.45) is 0 Å². The number of nitrogens with zero attached hydrogens (tertiary/aromatic N) is 4. The molecule has 0 unspecified atom stereocenters. The van der Waals surface area contributed by atoms with E-state index in [4.69, 9.17) is 0 Å². The molecule has 0 aliphatic carbocycles. The largest absolute Gasteiger partial charge is 0.451 e. The highest BCUT2D eigenvalue weighted by atomic mass is 19.4. The average molecular weight is 444 g/mol. The SMILES string of the molecule is Cc1ccc(-c2nc(C(F)(F)F)nc(N3CCN(C=O)CC3)c2-c2ccc(F)cc2)cc1. The lowest BCUT2D eigenvalue weighted by atomic mass is 9.98. The quantitative estimate of drug-likeness (QED) is 0.438. The molecule has 5 nitrogen and oxygen atoms in total. The van der Waals surface area contributed by atoms with Crippen LogP contribution in [0.5, 0.6) is 0 Å². The van der Waals surface area contributed by atoms with Gasteiger partial charge in [-0.3, -0.25) is 4.79 Å². The third-order valence-electron chi connectivity index (χ3n) is 5.36. The minimum Gasteiger partial charge on any atom is -0.352 e. The van der Waals surface area contributed by atoms with Crippen molar-refractivity contribution in [2.75, 3.05) is 31.1 Å². The molecule has 4 rings (SSSR count). The fourth-order valence-corrected chi connectivity index (χ4v) is 3.65. The maximum absolute atomic E-state index is 13.8. The maximum Gasteiger partial charge on any atom is 0.451 e. The van der Waals surface area contributed by atoms with Gasteiger partial charge in [0.1, 0.15) is 11.6 Å². The second-order valence-electron chi connectivity index (χ2n) is 7.59. The van der Waals surface area contributed by atoms with Crippen LogP contribution >= 0.6 is 0 Å². The van der Waals surface area contributed by atoms with Gasteiger partial charge in [0.25, 0.3) is 0 Å². The highest BCUT2D eigenvalue weighted by molar-refractivity contribution is 5.88. The Morgan fingerprint density at radius 1 is 0.875 bits per heavy atom. The summed E-state index contributed by atoms with van der Waals surface area (Å²) in [5, 5.41) is 0. The first-order valence-corrected chi connectivity index (χ1v) is 10.0. The highest BCUT2D eigenvalue weighted by Gasteiger charge is 2.37. The molecule has 0 radical (unpaired) electrons. The van der Waals surface area contributed by atoms with Gasteiger partial charge in [-0.1, -0.05) is 42.0 Å². The van der Waals surface area contributed by atoms with E-state index in [-0.39, 0.29) is 11.5 Å². The molecule has 1 saturated heterocycles. The molecule has 1 aromatic heterocycles. The Balaban J connectivity index is 1.97. The van der Waals surface area contributed by atoms with Crippen LogP contribution in [0.15, 0.2) is 48.5 Å². The zero-order valence-corrected chi connectivity index (χ0v) is 17.2. The van der Waals surface area contributed by atoms with Crippen molar-refractivity contribution in [3.05, 3.63) is 65.7 Å². The summed E-state index contributed by atoms with van der Waals surface area (Å²) >= 11 is 0. The summed E-state index contributed by atoms with van der Waals surface area (Å²) < 4.78 is 54.9. The lowest BCUT2D eigenvalue weighted by molar-refractivity contribution is -0.144. The number of amides is 1. The first-order chi connectivity index (χ1) is 15.3. The number of aromatic nitrogens is 2. The molecule has 0 atom stereocenters. The number of rotatable bonds is 4. The van der Waals surface area contributed by atoms with Gasteiger partial charge in [-0.05, 0) is 24.6 Å². The number of carbonyl (C=O) groups is 1. The number of hydrogen-bond acceptors (Lipinski definition) is 4. The predicted molar refractivity (Wildman–Crippen MR) is 112 cm³/mol. The molecule has 1 amide bonds. The van der Waals surface area contributed by atoms with E-state index in [1.54, 1.807) is 34.1 Å². The Kier molecular flexibility index (Phi) is 5.82. The smallest absolute Gasteiger partial charge is 0.352 e. The highest BCUT2D eigenvalue weighted by Crippen LogP contribution is 2.40. The lowest BCUT2D eigenvalue weighted by Crippen LogP contribution is -2.46. The predicted octanol–water partition coefficient (Wildman–Crippen LogP) is 4.56. The number of hydrogen-bond donors (Lipinski definition) is 0. The topological polar surface area (TPSA) is 49.3 Å². The van der Waals surface area contributed by atoms with Crippen LogP contribution < -0.4 is 4.90 Å². The molecule has 1 aliphatic rings.